The number of benzene rings is 1. The molecule has 1 aliphatic heterocycles. The van der Waals surface area contributed by atoms with Gasteiger partial charge in [-0.1, -0.05) is 15.9 Å². The zero-order valence-corrected chi connectivity index (χ0v) is 15.6. The molecule has 0 radical (unpaired) electrons. The van der Waals surface area contributed by atoms with Crippen molar-refractivity contribution in [3.63, 3.8) is 0 Å². The average Bonchev–Trinajstić information content (AvgIpc) is 3.20. The summed E-state index contributed by atoms with van der Waals surface area (Å²) in [5.74, 6) is -0.964. The third-order valence-electron chi connectivity index (χ3n) is 4.76. The normalized spacial score (nSPS) is 22.4. The lowest BCUT2D eigenvalue weighted by Crippen LogP contribution is -2.50. The second kappa shape index (κ2) is 6.05. The highest BCUT2D eigenvalue weighted by atomic mass is 79.9. The number of nitrogens with zero attached hydrogens (tertiary/aromatic N) is 5. The number of carbonyl (C=O) groups is 2. The largest absolute Gasteiger partial charge is 0.480 e. The first-order valence-electron chi connectivity index (χ1n) is 7.99. The molecule has 2 aromatic heterocycles. The topological polar surface area (TPSA) is 130 Å². The molecule has 140 valence electrons. The molecule has 11 heteroatoms. The van der Waals surface area contributed by atoms with Gasteiger partial charge >= 0.3 is 12.1 Å². The van der Waals surface area contributed by atoms with E-state index in [-0.39, 0.29) is 18.8 Å². The molecule has 1 aliphatic rings. The zero-order chi connectivity index (χ0) is 19.3. The first kappa shape index (κ1) is 17.5. The van der Waals surface area contributed by atoms with E-state index in [1.165, 1.54) is 17.8 Å². The van der Waals surface area contributed by atoms with Gasteiger partial charge in [0, 0.05) is 16.3 Å². The lowest BCUT2D eigenvalue weighted by Gasteiger charge is -2.27. The molecule has 1 amide bonds. The van der Waals surface area contributed by atoms with E-state index < -0.39 is 23.7 Å². The number of aliphatic carboxylic acids is 1. The molecule has 0 bridgehead atoms. The van der Waals surface area contributed by atoms with Crippen LogP contribution in [0.2, 0.25) is 0 Å². The van der Waals surface area contributed by atoms with Gasteiger partial charge in [-0.2, -0.15) is 4.52 Å². The quantitative estimate of drug-likeness (QED) is 0.638. The van der Waals surface area contributed by atoms with Gasteiger partial charge in [0.2, 0.25) is 5.88 Å². The highest BCUT2D eigenvalue weighted by molar-refractivity contribution is 9.10. The number of aromatic nitrogens is 4. The van der Waals surface area contributed by atoms with E-state index in [1.807, 2.05) is 18.2 Å². The van der Waals surface area contributed by atoms with E-state index in [0.29, 0.717) is 11.0 Å². The minimum atomic E-state index is -1.56. The summed E-state index contributed by atoms with van der Waals surface area (Å²) in [7, 11) is 0. The molecule has 27 heavy (non-hydrogen) atoms. The fourth-order valence-corrected chi connectivity index (χ4v) is 3.72. The molecule has 1 aromatic carbocycles. The monoisotopic (exact) mass is 435 g/mol. The lowest BCUT2D eigenvalue weighted by atomic mass is 9.99. The van der Waals surface area contributed by atoms with Crippen molar-refractivity contribution in [2.24, 2.45) is 0 Å². The molecule has 0 spiro atoms. The maximum Gasteiger partial charge on any atom is 0.408 e. The van der Waals surface area contributed by atoms with Gasteiger partial charge in [-0.25, -0.2) is 9.59 Å². The van der Waals surface area contributed by atoms with Crippen LogP contribution in [0.4, 0.5) is 4.79 Å². The van der Waals surface area contributed by atoms with Crippen molar-refractivity contribution in [3.05, 3.63) is 29.0 Å². The Hall–Kier alpha value is -2.95. The van der Waals surface area contributed by atoms with Crippen LogP contribution in [0.25, 0.3) is 16.4 Å². The standard InChI is InChI=1S/C16H14BrN5O5/c1-16(14(23)24)5-9(6-21(16)15(25)26)27-13-11-4-8(17)2-3-10(11)12-19-18-7-22(12)20-13/h2-4,7,9H,5-6H2,1H3,(H,23,24)(H,25,26)/t9-,16+/m1/s1. The first-order chi connectivity index (χ1) is 12.8. The molecule has 3 aromatic rings. The van der Waals surface area contributed by atoms with E-state index >= 15 is 0 Å². The number of halogens is 1. The van der Waals surface area contributed by atoms with Crippen molar-refractivity contribution in [2.75, 3.05) is 6.54 Å². The summed E-state index contributed by atoms with van der Waals surface area (Å²) < 4.78 is 8.24. The highest BCUT2D eigenvalue weighted by Gasteiger charge is 2.51. The number of fused-ring (bicyclic) bond motifs is 3. The van der Waals surface area contributed by atoms with E-state index in [0.717, 1.165) is 14.8 Å². The summed E-state index contributed by atoms with van der Waals surface area (Å²) in [5.41, 5.74) is -1.01. The van der Waals surface area contributed by atoms with Gasteiger partial charge in [-0.05, 0) is 25.1 Å². The molecule has 2 atom stereocenters. The highest BCUT2D eigenvalue weighted by Crippen LogP contribution is 2.35. The van der Waals surface area contributed by atoms with Gasteiger partial charge in [-0.3, -0.25) is 4.90 Å². The third-order valence-corrected chi connectivity index (χ3v) is 5.25. The number of rotatable bonds is 3. The van der Waals surface area contributed by atoms with Gasteiger partial charge in [0.25, 0.3) is 0 Å². The Balaban J connectivity index is 1.76. The Labute approximate surface area is 160 Å². The predicted octanol–water partition coefficient (Wildman–Crippen LogP) is 2.01. The lowest BCUT2D eigenvalue weighted by molar-refractivity contribution is -0.147. The van der Waals surface area contributed by atoms with E-state index in [1.54, 1.807) is 0 Å². The van der Waals surface area contributed by atoms with Crippen molar-refractivity contribution >= 4 is 44.4 Å². The Kier molecular flexibility index (Phi) is 3.91. The fraction of sp³-hybridized carbons (Fsp3) is 0.312. The SMILES string of the molecule is C[C@@]1(C(=O)O)C[C@@H](Oc2nn3cnnc3c3ccc(Br)cc23)CN1C(=O)O. The number of carboxylic acids is 1. The van der Waals surface area contributed by atoms with Gasteiger partial charge in [0.1, 0.15) is 18.0 Å². The number of hydrogen-bond donors (Lipinski definition) is 2. The van der Waals surface area contributed by atoms with Crippen LogP contribution in [0.3, 0.4) is 0 Å². The van der Waals surface area contributed by atoms with Crippen molar-refractivity contribution in [1.29, 1.82) is 0 Å². The van der Waals surface area contributed by atoms with Gasteiger partial charge in [-0.15, -0.1) is 15.3 Å². The minimum Gasteiger partial charge on any atom is -0.480 e. The van der Waals surface area contributed by atoms with Gasteiger partial charge in [0.05, 0.1) is 11.9 Å². The average molecular weight is 436 g/mol. The molecular formula is C16H14BrN5O5. The van der Waals surface area contributed by atoms with Crippen LogP contribution in [-0.4, -0.2) is 65.2 Å². The summed E-state index contributed by atoms with van der Waals surface area (Å²) in [6.45, 7) is 1.30. The first-order valence-corrected chi connectivity index (χ1v) is 8.79. The molecule has 0 aliphatic carbocycles. The van der Waals surface area contributed by atoms with Gasteiger partial charge < -0.3 is 14.9 Å². The van der Waals surface area contributed by atoms with Crippen molar-refractivity contribution < 1.29 is 24.5 Å². The van der Waals surface area contributed by atoms with Crippen molar-refractivity contribution in [1.82, 2.24) is 24.7 Å². The number of ether oxygens (including phenoxy) is 1. The Morgan fingerprint density at radius 3 is 2.78 bits per heavy atom. The number of amides is 1. The van der Waals surface area contributed by atoms with E-state index in [2.05, 4.69) is 31.2 Å². The van der Waals surface area contributed by atoms with Crippen LogP contribution in [0.15, 0.2) is 29.0 Å². The molecule has 0 unspecified atom stereocenters. The molecule has 2 N–H and O–H groups in total. The molecule has 3 heterocycles. The van der Waals surface area contributed by atoms with Crippen LogP contribution in [0.5, 0.6) is 5.88 Å². The van der Waals surface area contributed by atoms with Crippen LogP contribution in [0.1, 0.15) is 13.3 Å². The van der Waals surface area contributed by atoms with Crippen LogP contribution in [0, 0.1) is 0 Å². The Bertz CT molecular complexity index is 1090. The molecule has 1 saturated heterocycles. The number of likely N-dealkylation sites (tertiary alicyclic amines) is 1. The molecule has 0 saturated carbocycles. The van der Waals surface area contributed by atoms with Crippen molar-refractivity contribution in [2.45, 2.75) is 25.0 Å². The maximum absolute atomic E-state index is 11.6. The zero-order valence-electron chi connectivity index (χ0n) is 14.0. The minimum absolute atomic E-state index is 0.00598. The van der Waals surface area contributed by atoms with E-state index in [4.69, 9.17) is 4.74 Å². The summed E-state index contributed by atoms with van der Waals surface area (Å²) in [6.07, 6.45) is -0.526. The second-order valence-corrected chi connectivity index (χ2v) is 7.43. The Morgan fingerprint density at radius 1 is 1.33 bits per heavy atom. The molecular weight excluding hydrogens is 422 g/mol. The Morgan fingerprint density at radius 2 is 2.11 bits per heavy atom. The van der Waals surface area contributed by atoms with Crippen LogP contribution >= 0.6 is 15.9 Å². The smallest absolute Gasteiger partial charge is 0.408 e. The number of hydrogen-bond acceptors (Lipinski definition) is 6. The fourth-order valence-electron chi connectivity index (χ4n) is 3.36. The third kappa shape index (κ3) is 2.74. The maximum atomic E-state index is 11.6. The predicted molar refractivity (Wildman–Crippen MR) is 95.8 cm³/mol. The molecule has 4 rings (SSSR count). The van der Waals surface area contributed by atoms with Crippen LogP contribution in [-0.2, 0) is 4.79 Å². The molecule has 1 fully saturated rings. The van der Waals surface area contributed by atoms with E-state index in [9.17, 15) is 19.8 Å². The number of carboxylic acid groups (broad SMARTS) is 2. The van der Waals surface area contributed by atoms with Crippen LogP contribution < -0.4 is 4.74 Å². The summed E-state index contributed by atoms with van der Waals surface area (Å²) >= 11 is 3.41. The summed E-state index contributed by atoms with van der Waals surface area (Å²) in [6, 6.07) is 5.51. The van der Waals surface area contributed by atoms with Crippen molar-refractivity contribution in [3.8, 4) is 5.88 Å². The summed E-state index contributed by atoms with van der Waals surface area (Å²) in [4.78, 5) is 24.0. The summed E-state index contributed by atoms with van der Waals surface area (Å²) in [5, 5.41) is 32.5. The molecule has 10 nitrogen and oxygen atoms in total. The van der Waals surface area contributed by atoms with Gasteiger partial charge in [0.15, 0.2) is 5.65 Å². The second-order valence-electron chi connectivity index (χ2n) is 6.51.